The van der Waals surface area contributed by atoms with E-state index in [9.17, 15) is 14.7 Å². The Labute approximate surface area is 187 Å². The van der Waals surface area contributed by atoms with Gasteiger partial charge in [-0.05, 0) is 55.7 Å². The second-order valence-corrected chi connectivity index (χ2v) is 7.89. The number of nitrogens with zero attached hydrogens (tertiary/aromatic N) is 1. The topological polar surface area (TPSA) is 81.7 Å². The molecule has 0 saturated carbocycles. The first-order chi connectivity index (χ1) is 14.3. The quantitative estimate of drug-likeness (QED) is 0.531. The van der Waals surface area contributed by atoms with Gasteiger partial charge in [-0.15, -0.1) is 0 Å². The Morgan fingerprint density at radius 3 is 1.73 bits per heavy atom. The average molecular weight is 452 g/mol. The standard InChI is InChI=1S/C22H27Cl2N3O3/c1-4-16(13-28)27(11-21(29)25-19-9-5-7-17(23)14(19)2)12-22(30)26-20-10-6-8-18(24)15(20)3/h5-10,16,28H,4,11-13H2,1-3H3,(H,25,29)(H,26,30)/t16-/m0/s1. The van der Waals surface area contributed by atoms with Crippen molar-refractivity contribution in [1.82, 2.24) is 4.90 Å². The van der Waals surface area contributed by atoms with Crippen molar-refractivity contribution < 1.29 is 14.7 Å². The Bertz CT molecular complexity index is 834. The van der Waals surface area contributed by atoms with Crippen molar-refractivity contribution in [3.05, 3.63) is 57.6 Å². The third-order valence-corrected chi connectivity index (χ3v) is 5.79. The van der Waals surface area contributed by atoms with Crippen LogP contribution in [0.4, 0.5) is 11.4 Å². The van der Waals surface area contributed by atoms with Crippen molar-refractivity contribution in [1.29, 1.82) is 0 Å². The number of rotatable bonds is 9. The fraction of sp³-hybridized carbons (Fsp3) is 0.364. The molecule has 0 saturated heterocycles. The SMILES string of the molecule is CC[C@@H](CO)N(CC(=O)Nc1cccc(Cl)c1C)CC(=O)Nc1cccc(Cl)c1C. The molecule has 2 aromatic rings. The lowest BCUT2D eigenvalue weighted by atomic mass is 10.1. The Hall–Kier alpha value is -2.12. The van der Waals surface area contributed by atoms with Crippen LogP contribution in [0.3, 0.4) is 0 Å². The molecule has 8 heteroatoms. The number of anilines is 2. The molecule has 0 aliphatic carbocycles. The average Bonchev–Trinajstić information content (AvgIpc) is 2.70. The minimum absolute atomic E-state index is 0.0486. The number of benzene rings is 2. The van der Waals surface area contributed by atoms with Gasteiger partial charge in [-0.25, -0.2) is 0 Å². The zero-order valence-corrected chi connectivity index (χ0v) is 18.8. The maximum absolute atomic E-state index is 12.6. The highest BCUT2D eigenvalue weighted by atomic mass is 35.5. The fourth-order valence-electron chi connectivity index (χ4n) is 3.05. The highest BCUT2D eigenvalue weighted by Crippen LogP contribution is 2.24. The van der Waals surface area contributed by atoms with Crippen molar-refractivity contribution in [2.24, 2.45) is 0 Å². The van der Waals surface area contributed by atoms with Gasteiger partial charge in [-0.3, -0.25) is 14.5 Å². The highest BCUT2D eigenvalue weighted by Gasteiger charge is 2.22. The molecule has 2 amide bonds. The van der Waals surface area contributed by atoms with Crippen molar-refractivity contribution in [2.45, 2.75) is 33.2 Å². The van der Waals surface area contributed by atoms with Crippen molar-refractivity contribution in [3.8, 4) is 0 Å². The van der Waals surface area contributed by atoms with Gasteiger partial charge in [0.2, 0.25) is 11.8 Å². The van der Waals surface area contributed by atoms with E-state index in [0.29, 0.717) is 27.8 Å². The van der Waals surface area contributed by atoms with Gasteiger partial charge in [0.15, 0.2) is 0 Å². The Morgan fingerprint density at radius 1 is 0.933 bits per heavy atom. The molecule has 0 aromatic heterocycles. The number of carbonyl (C=O) groups excluding carboxylic acids is 2. The molecule has 1 atom stereocenters. The predicted octanol–water partition coefficient (Wildman–Crippen LogP) is 4.26. The number of aliphatic hydroxyl groups is 1. The molecule has 0 bridgehead atoms. The third-order valence-electron chi connectivity index (χ3n) is 4.98. The van der Waals surface area contributed by atoms with E-state index in [-0.39, 0.29) is 37.6 Å². The first-order valence-electron chi connectivity index (χ1n) is 9.71. The molecular weight excluding hydrogens is 425 g/mol. The van der Waals surface area contributed by atoms with E-state index in [1.54, 1.807) is 41.3 Å². The summed E-state index contributed by atoms with van der Waals surface area (Å²) in [6.07, 6.45) is 0.587. The van der Waals surface area contributed by atoms with Crippen LogP contribution in [0.25, 0.3) is 0 Å². The number of nitrogens with one attached hydrogen (secondary N) is 2. The Morgan fingerprint density at radius 2 is 1.37 bits per heavy atom. The van der Waals surface area contributed by atoms with E-state index >= 15 is 0 Å². The third kappa shape index (κ3) is 6.44. The summed E-state index contributed by atoms with van der Waals surface area (Å²) in [7, 11) is 0. The first kappa shape index (κ1) is 24.2. The lowest BCUT2D eigenvalue weighted by Gasteiger charge is -2.28. The molecule has 0 heterocycles. The van der Waals surface area contributed by atoms with E-state index < -0.39 is 0 Å². The summed E-state index contributed by atoms with van der Waals surface area (Å²) < 4.78 is 0. The molecule has 0 aliphatic heterocycles. The summed E-state index contributed by atoms with van der Waals surface area (Å²) in [4.78, 5) is 26.9. The van der Waals surface area contributed by atoms with Gasteiger partial charge in [0.05, 0.1) is 19.7 Å². The Balaban J connectivity index is 2.09. The van der Waals surface area contributed by atoms with Crippen molar-refractivity contribution in [2.75, 3.05) is 30.3 Å². The first-order valence-corrected chi connectivity index (χ1v) is 10.5. The molecule has 2 aromatic carbocycles. The lowest BCUT2D eigenvalue weighted by Crippen LogP contribution is -2.46. The molecule has 0 spiro atoms. The van der Waals surface area contributed by atoms with Crippen LogP contribution in [-0.4, -0.2) is 47.6 Å². The summed E-state index contributed by atoms with van der Waals surface area (Å²) in [5.74, 6) is -0.585. The van der Waals surface area contributed by atoms with Crippen LogP contribution in [0.2, 0.25) is 10.0 Å². The highest BCUT2D eigenvalue weighted by molar-refractivity contribution is 6.32. The summed E-state index contributed by atoms with van der Waals surface area (Å²) in [5, 5.41) is 16.5. The molecule has 162 valence electrons. The van der Waals surface area contributed by atoms with Crippen LogP contribution >= 0.6 is 23.2 Å². The van der Waals surface area contributed by atoms with Crippen LogP contribution in [0.1, 0.15) is 24.5 Å². The van der Waals surface area contributed by atoms with Crippen LogP contribution in [0.5, 0.6) is 0 Å². The van der Waals surface area contributed by atoms with Gasteiger partial charge < -0.3 is 15.7 Å². The number of hydrogen-bond donors (Lipinski definition) is 3. The van der Waals surface area contributed by atoms with Gasteiger partial charge in [0.1, 0.15) is 0 Å². The second-order valence-electron chi connectivity index (χ2n) is 7.07. The lowest BCUT2D eigenvalue weighted by molar-refractivity contribution is -0.121. The maximum atomic E-state index is 12.6. The largest absolute Gasteiger partial charge is 0.395 e. The van der Waals surface area contributed by atoms with Gasteiger partial charge >= 0.3 is 0 Å². The van der Waals surface area contributed by atoms with E-state index in [2.05, 4.69) is 10.6 Å². The molecule has 0 aliphatic rings. The zero-order chi connectivity index (χ0) is 22.3. The molecule has 30 heavy (non-hydrogen) atoms. The van der Waals surface area contributed by atoms with Crippen LogP contribution in [0.15, 0.2) is 36.4 Å². The van der Waals surface area contributed by atoms with E-state index in [1.165, 1.54) is 0 Å². The fourth-order valence-corrected chi connectivity index (χ4v) is 3.40. The monoisotopic (exact) mass is 451 g/mol. The number of amides is 2. The van der Waals surface area contributed by atoms with Crippen LogP contribution in [-0.2, 0) is 9.59 Å². The minimum Gasteiger partial charge on any atom is -0.395 e. The summed E-state index contributed by atoms with van der Waals surface area (Å²) >= 11 is 12.2. The summed E-state index contributed by atoms with van der Waals surface area (Å²) in [5.41, 5.74) is 2.76. The maximum Gasteiger partial charge on any atom is 0.238 e. The number of halogens is 2. The van der Waals surface area contributed by atoms with Gasteiger partial charge in [-0.2, -0.15) is 0 Å². The molecule has 0 radical (unpaired) electrons. The molecule has 2 rings (SSSR count). The zero-order valence-electron chi connectivity index (χ0n) is 17.3. The van der Waals surface area contributed by atoms with Gasteiger partial charge in [-0.1, -0.05) is 42.3 Å². The molecule has 0 fully saturated rings. The molecule has 3 N–H and O–H groups in total. The number of aliphatic hydroxyl groups excluding tert-OH is 1. The molecule has 6 nitrogen and oxygen atoms in total. The predicted molar refractivity (Wildman–Crippen MR) is 122 cm³/mol. The number of carbonyl (C=O) groups is 2. The minimum atomic E-state index is -0.331. The van der Waals surface area contributed by atoms with E-state index in [4.69, 9.17) is 23.2 Å². The van der Waals surface area contributed by atoms with Gasteiger partial charge in [0, 0.05) is 27.5 Å². The van der Waals surface area contributed by atoms with E-state index in [1.807, 2.05) is 20.8 Å². The smallest absolute Gasteiger partial charge is 0.238 e. The molecule has 0 unspecified atom stereocenters. The van der Waals surface area contributed by atoms with Crippen molar-refractivity contribution in [3.63, 3.8) is 0 Å². The number of hydrogen-bond acceptors (Lipinski definition) is 4. The van der Waals surface area contributed by atoms with Crippen LogP contribution in [0, 0.1) is 13.8 Å². The van der Waals surface area contributed by atoms with Crippen LogP contribution < -0.4 is 10.6 Å². The Kier molecular flexibility index (Phi) is 9.11. The summed E-state index contributed by atoms with van der Waals surface area (Å²) in [6.45, 7) is 5.27. The van der Waals surface area contributed by atoms with Crippen molar-refractivity contribution >= 4 is 46.4 Å². The molecular formula is C22H27Cl2N3O3. The van der Waals surface area contributed by atoms with E-state index in [0.717, 1.165) is 11.1 Å². The summed E-state index contributed by atoms with van der Waals surface area (Å²) in [6, 6.07) is 10.2. The normalized spacial score (nSPS) is 12.0. The second kappa shape index (κ2) is 11.3. The van der Waals surface area contributed by atoms with Gasteiger partial charge in [0.25, 0.3) is 0 Å².